The van der Waals surface area contributed by atoms with Crippen molar-refractivity contribution in [2.45, 2.75) is 6.42 Å². The van der Waals surface area contributed by atoms with Gasteiger partial charge in [0, 0.05) is 19.0 Å². The molecule has 0 aromatic heterocycles. The Morgan fingerprint density at radius 3 is 2.56 bits per heavy atom. The van der Waals surface area contributed by atoms with Gasteiger partial charge in [0.15, 0.2) is 0 Å². The third kappa shape index (κ3) is 4.17. The van der Waals surface area contributed by atoms with Crippen LogP contribution < -0.4 is 0 Å². The zero-order valence-corrected chi connectivity index (χ0v) is 9.91. The van der Waals surface area contributed by atoms with E-state index in [0.717, 1.165) is 6.54 Å². The van der Waals surface area contributed by atoms with E-state index in [1.807, 2.05) is 0 Å². The Kier molecular flexibility index (Phi) is 5.31. The summed E-state index contributed by atoms with van der Waals surface area (Å²) in [4.78, 5) is 25.7. The molecule has 2 atom stereocenters. The molecule has 7 heteroatoms. The van der Waals surface area contributed by atoms with Gasteiger partial charge in [0.25, 0.3) is 0 Å². The smallest absolute Gasteiger partial charge is 0.414 e. The van der Waals surface area contributed by atoms with Crippen molar-refractivity contribution in [1.82, 2.24) is 4.90 Å². The van der Waals surface area contributed by atoms with Gasteiger partial charge in [-0.15, -0.1) is 0 Å². The van der Waals surface area contributed by atoms with Crippen molar-refractivity contribution in [3.8, 4) is 0 Å². The highest BCUT2D eigenvalue weighted by molar-refractivity contribution is 6.27. The molecule has 0 aromatic carbocycles. The van der Waals surface area contributed by atoms with E-state index in [4.69, 9.17) is 24.6 Å². The molecular formula is C11H16N2O5. The number of carboxylic acids is 2. The molecule has 0 amide bonds. The number of carboxylic acid groups (broad SMARTS) is 2. The second-order valence-electron chi connectivity index (χ2n) is 4.00. The lowest BCUT2D eigenvalue weighted by Gasteiger charge is -2.12. The highest BCUT2D eigenvalue weighted by Crippen LogP contribution is 2.25. The Hall–Kier alpha value is -1.89. The molecule has 2 bridgehead atoms. The summed E-state index contributed by atoms with van der Waals surface area (Å²) in [6.07, 6.45) is 2.98. The zero-order chi connectivity index (χ0) is 13.5. The first-order chi connectivity index (χ1) is 8.54. The second-order valence-corrected chi connectivity index (χ2v) is 4.00. The molecule has 0 aromatic rings. The summed E-state index contributed by atoms with van der Waals surface area (Å²) < 4.78 is 0. The van der Waals surface area contributed by atoms with Gasteiger partial charge in [-0.3, -0.25) is 4.90 Å². The molecular weight excluding hydrogens is 240 g/mol. The minimum atomic E-state index is -1.82. The SMILES string of the molecule is C=CCO/N=C1/CN2CCC1C2.O=C(O)C(=O)O. The van der Waals surface area contributed by atoms with Crippen molar-refractivity contribution in [2.75, 3.05) is 26.2 Å². The fourth-order valence-corrected chi connectivity index (χ4v) is 1.88. The maximum absolute atomic E-state index is 9.10. The Morgan fingerprint density at radius 2 is 2.17 bits per heavy atom. The molecule has 2 saturated heterocycles. The Bertz CT molecular complexity index is 354. The van der Waals surface area contributed by atoms with E-state index in [1.54, 1.807) is 6.08 Å². The van der Waals surface area contributed by atoms with E-state index < -0.39 is 11.9 Å². The number of piperidine rings is 1. The van der Waals surface area contributed by atoms with E-state index in [-0.39, 0.29) is 0 Å². The van der Waals surface area contributed by atoms with Gasteiger partial charge in [-0.2, -0.15) is 0 Å². The van der Waals surface area contributed by atoms with Gasteiger partial charge in [0.05, 0.1) is 5.71 Å². The number of hydrogen-bond donors (Lipinski definition) is 2. The van der Waals surface area contributed by atoms with E-state index >= 15 is 0 Å². The Balaban J connectivity index is 0.000000232. The molecule has 18 heavy (non-hydrogen) atoms. The van der Waals surface area contributed by atoms with Crippen LogP contribution in [0.1, 0.15) is 6.42 Å². The van der Waals surface area contributed by atoms with Crippen LogP contribution in [0.5, 0.6) is 0 Å². The first-order valence-electron chi connectivity index (χ1n) is 5.52. The van der Waals surface area contributed by atoms with Gasteiger partial charge in [-0.1, -0.05) is 17.8 Å². The number of rotatable bonds is 3. The topological polar surface area (TPSA) is 99.4 Å². The summed E-state index contributed by atoms with van der Waals surface area (Å²) in [6.45, 7) is 7.54. The minimum absolute atomic E-state index is 0.524. The summed E-state index contributed by atoms with van der Waals surface area (Å²) in [5.74, 6) is -2.97. The van der Waals surface area contributed by atoms with Crippen molar-refractivity contribution in [3.63, 3.8) is 0 Å². The lowest BCUT2D eigenvalue weighted by atomic mass is 10.0. The highest BCUT2D eigenvalue weighted by Gasteiger charge is 2.35. The van der Waals surface area contributed by atoms with Gasteiger partial charge < -0.3 is 15.1 Å². The number of fused-ring (bicyclic) bond motifs is 2. The number of aliphatic carboxylic acids is 2. The third-order valence-corrected chi connectivity index (χ3v) is 2.69. The number of carbonyl (C=O) groups is 2. The van der Waals surface area contributed by atoms with Gasteiger partial charge in [0.1, 0.15) is 6.61 Å². The summed E-state index contributed by atoms with van der Waals surface area (Å²) >= 11 is 0. The van der Waals surface area contributed by atoms with Crippen LogP contribution in [0.3, 0.4) is 0 Å². The van der Waals surface area contributed by atoms with E-state index in [1.165, 1.54) is 25.2 Å². The van der Waals surface area contributed by atoms with Crippen molar-refractivity contribution in [2.24, 2.45) is 11.1 Å². The predicted octanol–water partition coefficient (Wildman–Crippen LogP) is 0.0361. The van der Waals surface area contributed by atoms with E-state index in [2.05, 4.69) is 16.6 Å². The van der Waals surface area contributed by atoms with Gasteiger partial charge in [0.2, 0.25) is 0 Å². The van der Waals surface area contributed by atoms with E-state index in [9.17, 15) is 0 Å². The van der Waals surface area contributed by atoms with Crippen molar-refractivity contribution in [3.05, 3.63) is 12.7 Å². The monoisotopic (exact) mass is 256 g/mol. The molecule has 7 nitrogen and oxygen atoms in total. The molecule has 2 unspecified atom stereocenters. The average molecular weight is 256 g/mol. The number of oxime groups is 1. The maximum atomic E-state index is 9.10. The van der Waals surface area contributed by atoms with Crippen LogP contribution in [0.2, 0.25) is 0 Å². The van der Waals surface area contributed by atoms with Gasteiger partial charge in [-0.25, -0.2) is 9.59 Å². The van der Waals surface area contributed by atoms with Crippen LogP contribution in [0, 0.1) is 5.92 Å². The minimum Gasteiger partial charge on any atom is -0.473 e. The van der Waals surface area contributed by atoms with Crippen LogP contribution in [-0.4, -0.2) is 59.0 Å². The van der Waals surface area contributed by atoms with Crippen LogP contribution in [0.25, 0.3) is 0 Å². The molecule has 2 fully saturated rings. The summed E-state index contributed by atoms with van der Waals surface area (Å²) in [7, 11) is 0. The molecule has 0 aliphatic carbocycles. The first kappa shape index (κ1) is 14.2. The van der Waals surface area contributed by atoms with Crippen LogP contribution in [0.4, 0.5) is 0 Å². The predicted molar refractivity (Wildman–Crippen MR) is 63.4 cm³/mol. The molecule has 2 aliphatic rings. The molecule has 0 radical (unpaired) electrons. The zero-order valence-electron chi connectivity index (χ0n) is 9.91. The fraction of sp³-hybridized carbons (Fsp3) is 0.545. The molecule has 2 heterocycles. The van der Waals surface area contributed by atoms with Crippen LogP contribution >= 0.6 is 0 Å². The quantitative estimate of drug-likeness (QED) is 0.320. The number of hydrogen-bond acceptors (Lipinski definition) is 5. The molecule has 2 N–H and O–H groups in total. The summed E-state index contributed by atoms with van der Waals surface area (Å²) in [5.41, 5.74) is 1.23. The van der Waals surface area contributed by atoms with Crippen molar-refractivity contribution in [1.29, 1.82) is 0 Å². The van der Waals surface area contributed by atoms with Gasteiger partial charge in [-0.05, 0) is 13.0 Å². The van der Waals surface area contributed by atoms with Crippen LogP contribution in [-0.2, 0) is 14.4 Å². The third-order valence-electron chi connectivity index (χ3n) is 2.69. The molecule has 100 valence electrons. The average Bonchev–Trinajstić information content (AvgIpc) is 2.92. The Labute approximate surface area is 104 Å². The molecule has 2 rings (SSSR count). The largest absolute Gasteiger partial charge is 0.473 e. The lowest BCUT2D eigenvalue weighted by molar-refractivity contribution is -0.159. The van der Waals surface area contributed by atoms with Crippen molar-refractivity contribution >= 4 is 17.7 Å². The standard InChI is InChI=1S/C9H14N2O.C2H2O4/c1-2-5-12-10-9-7-11-4-3-8(9)6-11;3-1(4)2(5)6/h2,8H,1,3-7H2;(H,3,4)(H,5,6)/b10-9-;. The molecule has 2 aliphatic heterocycles. The number of nitrogens with zero attached hydrogens (tertiary/aromatic N) is 2. The highest BCUT2D eigenvalue weighted by atomic mass is 16.6. The first-order valence-corrected chi connectivity index (χ1v) is 5.52. The maximum Gasteiger partial charge on any atom is 0.414 e. The van der Waals surface area contributed by atoms with Crippen LogP contribution in [0.15, 0.2) is 17.8 Å². The molecule has 0 saturated carbocycles. The summed E-state index contributed by atoms with van der Waals surface area (Å²) in [5, 5.41) is 18.9. The normalized spacial score (nSPS) is 26.3. The second kappa shape index (κ2) is 6.75. The fourth-order valence-electron chi connectivity index (χ4n) is 1.88. The molecule has 0 spiro atoms. The van der Waals surface area contributed by atoms with Crippen molar-refractivity contribution < 1.29 is 24.6 Å². The summed E-state index contributed by atoms with van der Waals surface area (Å²) in [6, 6.07) is 0. The van der Waals surface area contributed by atoms with E-state index in [0.29, 0.717) is 12.5 Å². The Morgan fingerprint density at radius 1 is 1.50 bits per heavy atom. The van der Waals surface area contributed by atoms with Gasteiger partial charge >= 0.3 is 11.9 Å². The lowest BCUT2D eigenvalue weighted by Crippen LogP contribution is -2.23.